The molecule has 0 aliphatic heterocycles. The molecular formula is C18H16B5BrO. The van der Waals surface area contributed by atoms with Gasteiger partial charge in [0.05, 0.1) is 0 Å². The summed E-state index contributed by atoms with van der Waals surface area (Å²) in [5.74, 6) is 0. The first-order chi connectivity index (χ1) is 11.9. The van der Waals surface area contributed by atoms with Crippen LogP contribution in [0.1, 0.15) is 0 Å². The van der Waals surface area contributed by atoms with Crippen molar-refractivity contribution in [3.8, 4) is 11.1 Å². The number of halogens is 1. The molecule has 4 rings (SSSR count). The van der Waals surface area contributed by atoms with Crippen molar-refractivity contribution in [3.63, 3.8) is 0 Å². The van der Waals surface area contributed by atoms with Gasteiger partial charge in [0.2, 0.25) is 0 Å². The second-order valence-electron chi connectivity index (χ2n) is 6.95. The fourth-order valence-electron chi connectivity index (χ4n) is 3.84. The van der Waals surface area contributed by atoms with Crippen LogP contribution < -0.4 is 27.3 Å². The molecule has 0 saturated carbocycles. The van der Waals surface area contributed by atoms with Crippen LogP contribution in [0, 0.1) is 0 Å². The topological polar surface area (TPSA) is 13.1 Å². The van der Waals surface area contributed by atoms with Gasteiger partial charge in [-0.25, -0.2) is 0 Å². The summed E-state index contributed by atoms with van der Waals surface area (Å²) >= 11 is 3.57. The van der Waals surface area contributed by atoms with Gasteiger partial charge < -0.3 is 4.42 Å². The van der Waals surface area contributed by atoms with Crippen molar-refractivity contribution in [2.45, 2.75) is 0 Å². The number of hydrogen-bond donors (Lipinski definition) is 0. The zero-order valence-electron chi connectivity index (χ0n) is 15.3. The normalized spacial score (nSPS) is 11.4. The lowest BCUT2D eigenvalue weighted by molar-refractivity contribution is 0.669. The smallest absolute Gasteiger partial charge is 0.139 e. The highest BCUT2D eigenvalue weighted by Gasteiger charge is 2.15. The molecule has 0 bridgehead atoms. The van der Waals surface area contributed by atoms with Crippen molar-refractivity contribution in [2.24, 2.45) is 0 Å². The van der Waals surface area contributed by atoms with E-state index in [4.69, 9.17) is 4.42 Å². The molecule has 0 unspecified atom stereocenters. The maximum atomic E-state index is 6.00. The number of fused-ring (bicyclic) bond motifs is 3. The van der Waals surface area contributed by atoms with E-state index in [-0.39, 0.29) is 0 Å². The van der Waals surface area contributed by atoms with Gasteiger partial charge in [-0.05, 0) is 41.5 Å². The summed E-state index contributed by atoms with van der Waals surface area (Å²) < 4.78 is 7.08. The Morgan fingerprint density at radius 1 is 0.640 bits per heavy atom. The Morgan fingerprint density at radius 2 is 1.16 bits per heavy atom. The van der Waals surface area contributed by atoms with E-state index in [2.05, 4.69) is 79.4 Å². The maximum Gasteiger partial charge on any atom is 0.139 e. The number of benzene rings is 3. The monoisotopic (exact) mass is 382 g/mol. The van der Waals surface area contributed by atoms with E-state index in [0.717, 1.165) is 21.0 Å². The van der Waals surface area contributed by atoms with Gasteiger partial charge in [0.15, 0.2) is 0 Å². The average Bonchev–Trinajstić information content (AvgIpc) is 2.96. The largest absolute Gasteiger partial charge is 0.456 e. The van der Waals surface area contributed by atoms with Gasteiger partial charge in [-0.1, -0.05) is 32.9 Å². The summed E-state index contributed by atoms with van der Waals surface area (Å²) in [6.45, 7) is 0. The summed E-state index contributed by atoms with van der Waals surface area (Å²) in [4.78, 5) is 0. The molecule has 116 valence electrons. The summed E-state index contributed by atoms with van der Waals surface area (Å²) in [6, 6.07) is 12.7. The molecule has 25 heavy (non-hydrogen) atoms. The number of furan rings is 1. The van der Waals surface area contributed by atoms with E-state index < -0.39 is 0 Å². The van der Waals surface area contributed by atoms with Crippen molar-refractivity contribution in [2.75, 3.05) is 0 Å². The van der Waals surface area contributed by atoms with Gasteiger partial charge in [0.25, 0.3) is 0 Å². The Labute approximate surface area is 160 Å². The number of rotatable bonds is 1. The first-order valence-corrected chi connectivity index (χ1v) is 9.37. The minimum Gasteiger partial charge on any atom is -0.456 e. The summed E-state index contributed by atoms with van der Waals surface area (Å²) in [7, 11) is 11.1. The van der Waals surface area contributed by atoms with E-state index in [1.807, 2.05) is 12.1 Å². The molecule has 1 aromatic heterocycles. The SMILES string of the molecule is Bc1c(B)c(B)c(-c2ccc3oc4ccc(Br)cc4c3c2)c(B)c1B. The highest BCUT2D eigenvalue weighted by Crippen LogP contribution is 2.33. The third-order valence-corrected chi connectivity index (χ3v) is 6.21. The van der Waals surface area contributed by atoms with Gasteiger partial charge in [0.1, 0.15) is 50.4 Å². The highest BCUT2D eigenvalue weighted by molar-refractivity contribution is 9.10. The fourth-order valence-corrected chi connectivity index (χ4v) is 4.20. The summed E-state index contributed by atoms with van der Waals surface area (Å²) in [5, 5.41) is 2.32. The van der Waals surface area contributed by atoms with Crippen LogP contribution in [0.3, 0.4) is 0 Å². The van der Waals surface area contributed by atoms with Crippen LogP contribution in [0.15, 0.2) is 45.3 Å². The first-order valence-electron chi connectivity index (χ1n) is 8.57. The molecule has 0 atom stereocenters. The van der Waals surface area contributed by atoms with Gasteiger partial charge >= 0.3 is 0 Å². The van der Waals surface area contributed by atoms with E-state index >= 15 is 0 Å². The molecule has 0 saturated heterocycles. The van der Waals surface area contributed by atoms with Crippen molar-refractivity contribution in [1.82, 2.24) is 0 Å². The van der Waals surface area contributed by atoms with Crippen LogP contribution in [0.4, 0.5) is 0 Å². The molecule has 1 nitrogen and oxygen atoms in total. The lowest BCUT2D eigenvalue weighted by Crippen LogP contribution is -2.55. The van der Waals surface area contributed by atoms with Crippen LogP contribution >= 0.6 is 15.9 Å². The molecule has 0 aliphatic carbocycles. The Hall–Kier alpha value is -1.74. The van der Waals surface area contributed by atoms with Crippen LogP contribution in [0.2, 0.25) is 0 Å². The first kappa shape index (κ1) is 16.7. The third-order valence-electron chi connectivity index (χ3n) is 5.72. The highest BCUT2D eigenvalue weighted by atomic mass is 79.9. The van der Waals surface area contributed by atoms with Crippen molar-refractivity contribution in [3.05, 3.63) is 40.9 Å². The predicted octanol–water partition coefficient (Wildman–Crippen LogP) is -2.69. The quantitative estimate of drug-likeness (QED) is 0.327. The minimum atomic E-state index is 0.931. The predicted molar refractivity (Wildman–Crippen MR) is 128 cm³/mol. The van der Waals surface area contributed by atoms with E-state index in [0.29, 0.717) is 0 Å². The van der Waals surface area contributed by atoms with E-state index in [1.165, 1.54) is 43.8 Å². The van der Waals surface area contributed by atoms with Crippen LogP contribution in [-0.4, -0.2) is 39.2 Å². The molecule has 0 radical (unpaired) electrons. The average molecular weight is 382 g/mol. The zero-order chi connectivity index (χ0) is 17.9. The molecule has 0 N–H and O–H groups in total. The molecule has 3 aromatic carbocycles. The van der Waals surface area contributed by atoms with Gasteiger partial charge in [-0.3, -0.25) is 0 Å². The minimum absolute atomic E-state index is 0.931. The van der Waals surface area contributed by atoms with E-state index in [1.54, 1.807) is 0 Å². The Bertz CT molecular complexity index is 1140. The zero-order valence-corrected chi connectivity index (χ0v) is 16.8. The summed E-state index contributed by atoms with van der Waals surface area (Å²) in [6.07, 6.45) is 0. The second-order valence-corrected chi connectivity index (χ2v) is 7.87. The molecule has 0 fully saturated rings. The second kappa shape index (κ2) is 5.91. The Morgan fingerprint density at radius 3 is 1.80 bits per heavy atom. The molecular weight excluding hydrogens is 366 g/mol. The lowest BCUT2D eigenvalue weighted by atomic mass is 9.59. The molecule has 0 spiro atoms. The van der Waals surface area contributed by atoms with Crippen molar-refractivity contribution < 1.29 is 4.42 Å². The molecule has 0 amide bonds. The lowest BCUT2D eigenvalue weighted by Gasteiger charge is -2.20. The Kier molecular flexibility index (Phi) is 3.95. The molecule has 1 heterocycles. The molecule has 4 aromatic rings. The maximum absolute atomic E-state index is 6.00. The van der Waals surface area contributed by atoms with Crippen molar-refractivity contribution in [1.29, 1.82) is 0 Å². The molecule has 0 aliphatic rings. The van der Waals surface area contributed by atoms with Crippen LogP contribution in [-0.2, 0) is 0 Å². The number of hydrogen-bond acceptors (Lipinski definition) is 1. The third kappa shape index (κ3) is 2.52. The van der Waals surface area contributed by atoms with E-state index in [9.17, 15) is 0 Å². The fraction of sp³-hybridized carbons (Fsp3) is 0. The standard InChI is InChI=1S/C18H16B5BrO/c19-14-13(15(20)17(22)18(23)16(14)21)7-1-3-11-9(5-7)10-6-8(24)2-4-12(10)25-11/h1-6H,19-23H2. The van der Waals surface area contributed by atoms with Gasteiger partial charge in [0, 0.05) is 15.2 Å². The summed E-state index contributed by atoms with van der Waals surface area (Å²) in [5.41, 5.74) is 11.4. The van der Waals surface area contributed by atoms with Gasteiger partial charge in [-0.2, -0.15) is 0 Å². The van der Waals surface area contributed by atoms with Crippen LogP contribution in [0.5, 0.6) is 0 Å². The van der Waals surface area contributed by atoms with Crippen molar-refractivity contribution >= 4 is 104 Å². The van der Waals surface area contributed by atoms with Crippen LogP contribution in [0.25, 0.3) is 33.1 Å². The Balaban J connectivity index is 2.06. The van der Waals surface area contributed by atoms with Gasteiger partial charge in [-0.15, -0.1) is 16.4 Å². The molecule has 7 heteroatoms.